The molecular formula is Cl2CoLaN3O9. The van der Waals surface area contributed by atoms with Crippen LogP contribution in [0.25, 0.3) is 0 Å². The van der Waals surface area contributed by atoms with Crippen LogP contribution < -0.4 is 0 Å². The van der Waals surface area contributed by atoms with Crippen molar-refractivity contribution >= 4 is 20.3 Å². The largest absolute Gasteiger partial charge is 3.00 e. The molecule has 0 saturated carbocycles. The van der Waals surface area contributed by atoms with Crippen LogP contribution in [0, 0.1) is 81.6 Å². The Morgan fingerprint density at radius 3 is 0.688 bits per heavy atom. The first-order valence-electron chi connectivity index (χ1n) is 1.90. The van der Waals surface area contributed by atoms with Gasteiger partial charge in [-0.2, -0.15) is 0 Å². The molecule has 16 heteroatoms. The van der Waals surface area contributed by atoms with Crippen molar-refractivity contribution in [2.75, 3.05) is 0 Å². The van der Waals surface area contributed by atoms with E-state index in [0.717, 1.165) is 0 Å². The fraction of sp³-hybridized carbons (Fsp3) is 0. The van der Waals surface area contributed by atoms with E-state index in [9.17, 15) is 0 Å². The minimum atomic E-state index is -1.75. The van der Waals surface area contributed by atoms with Crippen molar-refractivity contribution in [3.05, 3.63) is 46.0 Å². The molecule has 0 heterocycles. The monoisotopic (exact) mass is 454 g/mol. The molecule has 0 spiro atoms. The summed E-state index contributed by atoms with van der Waals surface area (Å²) >= 11 is 0.382. The molecule has 0 fully saturated rings. The average molecular weight is 455 g/mol. The van der Waals surface area contributed by atoms with Gasteiger partial charge in [0.2, 0.25) is 0 Å². The standard InChI is InChI=1S/2ClH.Co.La.3NO3/c;;;;3*2-1(3)4/h2*1H;;;;;/q;;+2;+3;3*-1/p-2. The average Bonchev–Trinajstić information content (AvgIpc) is 1.81. The van der Waals surface area contributed by atoms with Gasteiger partial charge >= 0.3 is 68.8 Å². The fourth-order valence-corrected chi connectivity index (χ4v) is 0. The Kier molecular flexibility index (Phi) is 54.5. The number of hydrogen-bond donors (Lipinski definition) is 0. The third-order valence-corrected chi connectivity index (χ3v) is 0. The van der Waals surface area contributed by atoms with Crippen molar-refractivity contribution < 1.29 is 63.8 Å². The van der Waals surface area contributed by atoms with Crippen molar-refractivity contribution in [1.82, 2.24) is 0 Å². The summed E-state index contributed by atoms with van der Waals surface area (Å²) in [7, 11) is 9.47. The van der Waals surface area contributed by atoms with Crippen LogP contribution in [0.1, 0.15) is 0 Å². The van der Waals surface area contributed by atoms with Crippen molar-refractivity contribution in [3.63, 3.8) is 0 Å². The van der Waals surface area contributed by atoms with Crippen molar-refractivity contribution in [1.29, 1.82) is 0 Å². The first-order valence-corrected chi connectivity index (χ1v) is 4.76. The second kappa shape index (κ2) is 29.4. The minimum absolute atomic E-state index is 0. The van der Waals surface area contributed by atoms with Crippen LogP contribution in [0.3, 0.4) is 0 Å². The van der Waals surface area contributed by atoms with Gasteiger partial charge in [-0.1, -0.05) is 0 Å². The molecule has 16 heavy (non-hydrogen) atoms. The predicted molar refractivity (Wildman–Crippen MR) is 42.8 cm³/mol. The molecule has 0 saturated heterocycles. The summed E-state index contributed by atoms with van der Waals surface area (Å²) in [5.74, 6) is 0. The van der Waals surface area contributed by atoms with E-state index in [2.05, 4.69) is 0 Å². The first kappa shape index (κ1) is 29.7. The number of rotatable bonds is 0. The maximum absolute atomic E-state index is 8.25. The van der Waals surface area contributed by atoms with Crippen LogP contribution in [-0.4, -0.2) is 15.3 Å². The summed E-state index contributed by atoms with van der Waals surface area (Å²) in [6.07, 6.45) is 0. The molecule has 0 radical (unpaired) electrons. The molecule has 0 aliphatic heterocycles. The van der Waals surface area contributed by atoms with Gasteiger partial charge in [0.1, 0.15) is 0 Å². The molecule has 0 aromatic heterocycles. The Bertz CT molecular complexity index is 138. The van der Waals surface area contributed by atoms with E-state index in [1.807, 2.05) is 0 Å². The molecule has 12 nitrogen and oxygen atoms in total. The molecule has 0 rings (SSSR count). The SMILES string of the molecule is O=[N+]([O-])[O-].O=[N+]([O-])[O-].O=[N+]([O-])[O-].[Cl][Co][Cl].[La+3]. The van der Waals surface area contributed by atoms with E-state index >= 15 is 0 Å². The van der Waals surface area contributed by atoms with Crippen LogP contribution in [0.4, 0.5) is 0 Å². The summed E-state index contributed by atoms with van der Waals surface area (Å²) in [6.45, 7) is 0. The Morgan fingerprint density at radius 2 is 0.688 bits per heavy atom. The summed E-state index contributed by atoms with van der Waals surface area (Å²) in [5.41, 5.74) is 0. The molecule has 0 aliphatic carbocycles. The smallest absolute Gasteiger partial charge is 3.00 e. The quantitative estimate of drug-likeness (QED) is 0.372. The molecule has 0 aliphatic rings. The van der Waals surface area contributed by atoms with Crippen molar-refractivity contribution in [2.45, 2.75) is 0 Å². The molecule has 0 unspecified atom stereocenters. The Balaban J connectivity index is -0.0000000331. The second-order valence-electron chi connectivity index (χ2n) is 0.718. The van der Waals surface area contributed by atoms with E-state index in [1.54, 1.807) is 0 Å². The Hall–Kier alpha value is -0.119. The topological polar surface area (TPSA) is 199 Å². The number of halogens is 2. The summed E-state index contributed by atoms with van der Waals surface area (Å²) < 4.78 is 0. The molecule has 0 aromatic rings. The van der Waals surface area contributed by atoms with Crippen molar-refractivity contribution in [2.24, 2.45) is 0 Å². The number of nitrogens with zero attached hydrogens (tertiary/aromatic N) is 3. The molecule has 95 valence electrons. The minimum Gasteiger partial charge on any atom is 3.00 e. The second-order valence-corrected chi connectivity index (χ2v) is 2.44. The molecule has 0 amide bonds. The van der Waals surface area contributed by atoms with Gasteiger partial charge in [-0.25, -0.2) is 0 Å². The van der Waals surface area contributed by atoms with Gasteiger partial charge in [0, 0.05) is 0 Å². The van der Waals surface area contributed by atoms with Gasteiger partial charge in [0.15, 0.2) is 0 Å². The third kappa shape index (κ3) is 163000. The van der Waals surface area contributed by atoms with Crippen LogP contribution in [0.2, 0.25) is 0 Å². The maximum Gasteiger partial charge on any atom is 3.00 e. The van der Waals surface area contributed by atoms with Gasteiger partial charge in [0.05, 0.1) is 15.3 Å². The molecule has 0 bridgehead atoms. The van der Waals surface area contributed by atoms with Crippen LogP contribution in [0.15, 0.2) is 0 Å². The van der Waals surface area contributed by atoms with Gasteiger partial charge in [-0.05, 0) is 0 Å². The van der Waals surface area contributed by atoms with Gasteiger partial charge < -0.3 is 46.0 Å². The molecule has 0 N–H and O–H groups in total. The van der Waals surface area contributed by atoms with Gasteiger partial charge in [-0.3, -0.25) is 0 Å². The first-order chi connectivity index (χ1) is 6.61. The normalized spacial score (nSPS) is 5.88. The predicted octanol–water partition coefficient (Wildman–Crippen LogP) is 0.659. The molecular weight excluding hydrogens is 455 g/mol. The summed E-state index contributed by atoms with van der Waals surface area (Å²) in [6, 6.07) is 0. The maximum atomic E-state index is 8.25. The zero-order chi connectivity index (χ0) is 13.4. The van der Waals surface area contributed by atoms with Crippen LogP contribution in [0.5, 0.6) is 0 Å². The van der Waals surface area contributed by atoms with E-state index in [1.165, 1.54) is 0 Å². The van der Waals surface area contributed by atoms with E-state index < -0.39 is 15.3 Å². The third-order valence-electron chi connectivity index (χ3n) is 0. The molecule has 0 aromatic carbocycles. The van der Waals surface area contributed by atoms with Crippen LogP contribution >= 0.6 is 20.3 Å². The van der Waals surface area contributed by atoms with Crippen LogP contribution in [-0.2, 0) is 12.9 Å². The Labute approximate surface area is 129 Å². The van der Waals surface area contributed by atoms with Gasteiger partial charge in [0.25, 0.3) is 0 Å². The summed E-state index contributed by atoms with van der Waals surface area (Å²) in [4.78, 5) is 24.8. The molecule has 0 atom stereocenters. The Morgan fingerprint density at radius 1 is 0.688 bits per heavy atom. The van der Waals surface area contributed by atoms with Crippen molar-refractivity contribution in [3.8, 4) is 0 Å². The van der Waals surface area contributed by atoms with E-state index in [0.29, 0.717) is 12.9 Å². The van der Waals surface area contributed by atoms with Gasteiger partial charge in [-0.15, -0.1) is 0 Å². The summed E-state index contributed by atoms with van der Waals surface area (Å²) in [5, 5.41) is 44.2. The number of hydrogen-bond acceptors (Lipinski definition) is 9. The van der Waals surface area contributed by atoms with E-state index in [-0.39, 0.29) is 35.6 Å². The van der Waals surface area contributed by atoms with E-state index in [4.69, 9.17) is 66.3 Å². The fourth-order valence-electron chi connectivity index (χ4n) is 0. The zero-order valence-electron chi connectivity index (χ0n) is 6.68. The zero-order valence-corrected chi connectivity index (χ0v) is 12.9.